The van der Waals surface area contributed by atoms with Gasteiger partial charge in [0.25, 0.3) is 0 Å². The molecule has 0 radical (unpaired) electrons. The van der Waals surface area contributed by atoms with E-state index in [4.69, 9.17) is 10.8 Å². The highest BCUT2D eigenvalue weighted by atomic mass is 35.5. The smallest absolute Gasteiger partial charge is 0.107 e. The molecule has 1 aromatic heterocycles. The van der Waals surface area contributed by atoms with Crippen molar-refractivity contribution in [1.29, 1.82) is 0 Å². The van der Waals surface area contributed by atoms with E-state index < -0.39 is 0 Å². The van der Waals surface area contributed by atoms with E-state index in [9.17, 15) is 0 Å². The third-order valence-electron chi connectivity index (χ3n) is 2.13. The van der Waals surface area contributed by atoms with E-state index in [0.717, 1.165) is 35.4 Å². The second-order valence-electron chi connectivity index (χ2n) is 3.29. The number of nitrogens with one attached hydrogen (secondary N) is 1. The van der Waals surface area contributed by atoms with Crippen molar-refractivity contribution in [2.45, 2.75) is 12.8 Å². The van der Waals surface area contributed by atoms with Gasteiger partial charge in [-0.2, -0.15) is 0 Å². The second kappa shape index (κ2) is 6.58. The molecule has 0 unspecified atom stereocenters. The SMILES string of the molecule is Nc1ccc2nc(CCCO)[nH]c2c1.[Cl-].[Cl-]. The summed E-state index contributed by atoms with van der Waals surface area (Å²) in [7, 11) is 0. The predicted molar refractivity (Wildman–Crippen MR) is 55.9 cm³/mol. The van der Waals surface area contributed by atoms with Crippen molar-refractivity contribution >= 4 is 16.7 Å². The summed E-state index contributed by atoms with van der Waals surface area (Å²) < 4.78 is 0. The number of anilines is 1. The summed E-state index contributed by atoms with van der Waals surface area (Å²) >= 11 is 0. The third kappa shape index (κ3) is 3.27. The number of aryl methyl sites for hydroxylation is 1. The summed E-state index contributed by atoms with van der Waals surface area (Å²) in [6, 6.07) is 5.59. The first kappa shape index (κ1) is 15.0. The average Bonchev–Trinajstić information content (AvgIpc) is 2.56. The lowest BCUT2D eigenvalue weighted by Crippen LogP contribution is -3.00. The van der Waals surface area contributed by atoms with Crippen LogP contribution in [-0.2, 0) is 6.42 Å². The van der Waals surface area contributed by atoms with Crippen LogP contribution in [0.5, 0.6) is 0 Å². The number of imidazole rings is 1. The lowest BCUT2D eigenvalue weighted by atomic mass is 10.3. The van der Waals surface area contributed by atoms with Gasteiger partial charge in [-0.1, -0.05) is 0 Å². The fraction of sp³-hybridized carbons (Fsp3) is 0.300. The van der Waals surface area contributed by atoms with Gasteiger partial charge >= 0.3 is 0 Å². The molecule has 0 amide bonds. The van der Waals surface area contributed by atoms with Crippen molar-refractivity contribution in [2.24, 2.45) is 0 Å². The number of benzene rings is 1. The fourth-order valence-electron chi connectivity index (χ4n) is 1.44. The summed E-state index contributed by atoms with van der Waals surface area (Å²) in [5.74, 6) is 0.902. The Hall–Kier alpha value is -0.970. The van der Waals surface area contributed by atoms with E-state index in [0.29, 0.717) is 0 Å². The summed E-state index contributed by atoms with van der Waals surface area (Å²) in [4.78, 5) is 7.54. The fourth-order valence-corrected chi connectivity index (χ4v) is 1.44. The summed E-state index contributed by atoms with van der Waals surface area (Å²) in [5.41, 5.74) is 8.26. The van der Waals surface area contributed by atoms with Gasteiger partial charge < -0.3 is 40.6 Å². The minimum absolute atomic E-state index is 0. The summed E-state index contributed by atoms with van der Waals surface area (Å²) in [6.45, 7) is 0.194. The van der Waals surface area contributed by atoms with Crippen molar-refractivity contribution in [2.75, 3.05) is 12.3 Å². The topological polar surface area (TPSA) is 74.9 Å². The van der Waals surface area contributed by atoms with Gasteiger partial charge in [0, 0.05) is 18.7 Å². The molecule has 90 valence electrons. The minimum atomic E-state index is 0. The van der Waals surface area contributed by atoms with Crippen LogP contribution < -0.4 is 30.5 Å². The molecule has 2 aromatic rings. The molecular weight excluding hydrogens is 249 g/mol. The highest BCUT2D eigenvalue weighted by Gasteiger charge is 2.01. The number of H-pyrrole nitrogens is 1. The van der Waals surface area contributed by atoms with Crippen LogP contribution in [-0.4, -0.2) is 21.7 Å². The zero-order chi connectivity index (χ0) is 9.97. The molecule has 0 aliphatic heterocycles. The van der Waals surface area contributed by atoms with Crippen molar-refractivity contribution in [3.05, 3.63) is 24.0 Å². The van der Waals surface area contributed by atoms with E-state index in [1.807, 2.05) is 18.2 Å². The molecule has 0 saturated carbocycles. The van der Waals surface area contributed by atoms with Crippen LogP contribution >= 0.6 is 0 Å². The van der Waals surface area contributed by atoms with Crippen LogP contribution in [0.25, 0.3) is 11.0 Å². The Balaban J connectivity index is 0.00000112. The largest absolute Gasteiger partial charge is 1.00 e. The van der Waals surface area contributed by atoms with Crippen LogP contribution in [0.2, 0.25) is 0 Å². The standard InChI is InChI=1S/C10H13N3O.2ClH/c11-7-3-4-8-9(6-7)13-10(12-8)2-1-5-14;;/h3-4,6,14H,1-2,5,11H2,(H,12,13);2*1H/p-2. The highest BCUT2D eigenvalue weighted by Crippen LogP contribution is 2.15. The third-order valence-corrected chi connectivity index (χ3v) is 2.13. The predicted octanol–water partition coefficient (Wildman–Crippen LogP) is -4.92. The van der Waals surface area contributed by atoms with Crippen molar-refractivity contribution < 1.29 is 29.9 Å². The Morgan fingerprint density at radius 1 is 1.31 bits per heavy atom. The number of aromatic amines is 1. The molecule has 4 nitrogen and oxygen atoms in total. The molecule has 1 aromatic carbocycles. The van der Waals surface area contributed by atoms with E-state index >= 15 is 0 Å². The number of nitrogens with two attached hydrogens (primary N) is 1. The molecular formula is C10H13Cl2N3O-2. The lowest BCUT2D eigenvalue weighted by molar-refractivity contribution is -0.00100. The molecule has 1 heterocycles. The maximum absolute atomic E-state index is 8.68. The number of hydrogen-bond acceptors (Lipinski definition) is 3. The molecule has 0 aliphatic carbocycles. The van der Waals surface area contributed by atoms with Crippen LogP contribution in [0.1, 0.15) is 12.2 Å². The first-order valence-corrected chi connectivity index (χ1v) is 4.64. The Kier molecular flexibility index (Phi) is 6.18. The Bertz CT molecular complexity index is 445. The minimum Gasteiger partial charge on any atom is -1.00 e. The van der Waals surface area contributed by atoms with Gasteiger partial charge in [0.15, 0.2) is 0 Å². The molecule has 0 spiro atoms. The number of fused-ring (bicyclic) bond motifs is 1. The molecule has 0 atom stereocenters. The normalized spacial score (nSPS) is 9.56. The van der Waals surface area contributed by atoms with Gasteiger partial charge in [0.05, 0.1) is 11.0 Å². The molecule has 2 rings (SSSR count). The molecule has 16 heavy (non-hydrogen) atoms. The van der Waals surface area contributed by atoms with Gasteiger partial charge in [0.2, 0.25) is 0 Å². The zero-order valence-corrected chi connectivity index (χ0v) is 10.1. The van der Waals surface area contributed by atoms with E-state index in [2.05, 4.69) is 9.97 Å². The first-order valence-electron chi connectivity index (χ1n) is 4.64. The second-order valence-corrected chi connectivity index (χ2v) is 3.29. The number of aliphatic hydroxyl groups excluding tert-OH is 1. The average molecular weight is 262 g/mol. The molecule has 4 N–H and O–H groups in total. The number of halogens is 2. The number of aliphatic hydroxyl groups is 1. The molecule has 6 heteroatoms. The van der Waals surface area contributed by atoms with Crippen LogP contribution in [0.4, 0.5) is 5.69 Å². The number of nitrogens with zero attached hydrogens (tertiary/aromatic N) is 1. The summed E-state index contributed by atoms with van der Waals surface area (Å²) in [5, 5.41) is 8.68. The summed E-state index contributed by atoms with van der Waals surface area (Å²) in [6.07, 6.45) is 1.50. The number of aromatic nitrogens is 2. The zero-order valence-electron chi connectivity index (χ0n) is 8.58. The van der Waals surface area contributed by atoms with E-state index in [1.54, 1.807) is 0 Å². The Morgan fingerprint density at radius 2 is 2.06 bits per heavy atom. The van der Waals surface area contributed by atoms with Gasteiger partial charge in [-0.15, -0.1) is 0 Å². The first-order chi connectivity index (χ1) is 6.79. The molecule has 0 fully saturated rings. The monoisotopic (exact) mass is 261 g/mol. The Labute approximate surface area is 106 Å². The quantitative estimate of drug-likeness (QED) is 0.485. The Morgan fingerprint density at radius 3 is 2.75 bits per heavy atom. The van der Waals surface area contributed by atoms with E-state index in [1.165, 1.54) is 0 Å². The van der Waals surface area contributed by atoms with Crippen molar-refractivity contribution in [3.8, 4) is 0 Å². The van der Waals surface area contributed by atoms with Gasteiger partial charge in [0.1, 0.15) is 5.82 Å². The number of hydrogen-bond donors (Lipinski definition) is 3. The van der Waals surface area contributed by atoms with Gasteiger partial charge in [-0.3, -0.25) is 0 Å². The maximum atomic E-state index is 8.68. The molecule has 0 saturated heterocycles. The molecule has 0 aliphatic rings. The van der Waals surface area contributed by atoms with Crippen LogP contribution in [0.3, 0.4) is 0 Å². The van der Waals surface area contributed by atoms with Crippen LogP contribution in [0.15, 0.2) is 18.2 Å². The van der Waals surface area contributed by atoms with Gasteiger partial charge in [-0.05, 0) is 24.6 Å². The maximum Gasteiger partial charge on any atom is 0.107 e. The van der Waals surface area contributed by atoms with Crippen LogP contribution in [0, 0.1) is 0 Å². The van der Waals surface area contributed by atoms with Crippen molar-refractivity contribution in [1.82, 2.24) is 9.97 Å². The number of rotatable bonds is 3. The van der Waals surface area contributed by atoms with Gasteiger partial charge in [-0.25, -0.2) is 4.98 Å². The lowest BCUT2D eigenvalue weighted by Gasteiger charge is -1.91. The van der Waals surface area contributed by atoms with Crippen molar-refractivity contribution in [3.63, 3.8) is 0 Å². The van der Waals surface area contributed by atoms with E-state index in [-0.39, 0.29) is 31.4 Å². The number of nitrogen functional groups attached to an aromatic ring is 1. The highest BCUT2D eigenvalue weighted by molar-refractivity contribution is 5.78. The molecule has 0 bridgehead atoms.